The first kappa shape index (κ1) is 13.1. The van der Waals surface area contributed by atoms with Crippen molar-refractivity contribution >= 4 is 45.7 Å². The summed E-state index contributed by atoms with van der Waals surface area (Å²) < 4.78 is 0.780. The molecule has 0 fully saturated rings. The Morgan fingerprint density at radius 1 is 1.44 bits per heavy atom. The highest BCUT2D eigenvalue weighted by Gasteiger charge is 2.08. The highest BCUT2D eigenvalue weighted by Crippen LogP contribution is 2.29. The molecule has 0 atom stereocenters. The number of benzene rings is 1. The number of primary amides is 1. The average Bonchev–Trinajstić information content (AvgIpc) is 2.73. The molecule has 0 unspecified atom stereocenters. The Hall–Kier alpha value is -1.31. The zero-order chi connectivity index (χ0) is 13.1. The van der Waals surface area contributed by atoms with Crippen molar-refractivity contribution in [1.29, 1.82) is 0 Å². The molecule has 0 aliphatic carbocycles. The Morgan fingerprint density at radius 2 is 2.22 bits per heavy atom. The fraction of sp³-hybridized carbons (Fsp3) is 0.100. The van der Waals surface area contributed by atoms with Crippen LogP contribution < -0.4 is 11.5 Å². The maximum Gasteiger partial charge on any atom is 0.248 e. The molecule has 1 aromatic heterocycles. The van der Waals surface area contributed by atoms with Crippen LogP contribution in [-0.2, 0) is 5.75 Å². The van der Waals surface area contributed by atoms with Crippen molar-refractivity contribution in [3.05, 3.63) is 34.3 Å². The lowest BCUT2D eigenvalue weighted by atomic mass is 10.1. The van der Waals surface area contributed by atoms with Gasteiger partial charge in [0, 0.05) is 16.3 Å². The van der Waals surface area contributed by atoms with Crippen molar-refractivity contribution in [2.45, 2.75) is 10.1 Å². The summed E-state index contributed by atoms with van der Waals surface area (Å²) >= 11 is 8.88. The number of carbonyl (C=O) groups is 1. The highest BCUT2D eigenvalue weighted by atomic mass is 35.5. The van der Waals surface area contributed by atoms with Crippen LogP contribution in [0, 0.1) is 0 Å². The molecule has 0 spiro atoms. The van der Waals surface area contributed by atoms with E-state index in [1.54, 1.807) is 18.2 Å². The highest BCUT2D eigenvalue weighted by molar-refractivity contribution is 8.00. The van der Waals surface area contributed by atoms with Crippen molar-refractivity contribution in [3.8, 4) is 0 Å². The molecule has 0 aliphatic heterocycles. The fourth-order valence-corrected chi connectivity index (χ4v) is 3.20. The van der Waals surface area contributed by atoms with Gasteiger partial charge in [0.05, 0.1) is 0 Å². The molecule has 0 radical (unpaired) electrons. The number of amides is 1. The van der Waals surface area contributed by atoms with Gasteiger partial charge in [-0.05, 0) is 17.7 Å². The first-order valence-corrected chi connectivity index (χ1v) is 7.04. The number of nitrogens with zero attached hydrogens (tertiary/aromatic N) is 2. The van der Waals surface area contributed by atoms with E-state index in [-0.39, 0.29) is 0 Å². The summed E-state index contributed by atoms with van der Waals surface area (Å²) in [5.74, 6) is 0.139. The fourth-order valence-electron chi connectivity index (χ4n) is 1.24. The molecule has 1 heterocycles. The van der Waals surface area contributed by atoms with E-state index in [1.807, 2.05) is 0 Å². The number of nitrogens with two attached hydrogens (primary N) is 2. The van der Waals surface area contributed by atoms with Crippen LogP contribution in [0.3, 0.4) is 0 Å². The molecule has 2 aromatic rings. The number of halogens is 1. The van der Waals surface area contributed by atoms with Gasteiger partial charge in [-0.1, -0.05) is 40.8 Å². The van der Waals surface area contributed by atoms with Gasteiger partial charge in [0.1, 0.15) is 0 Å². The molecule has 5 nitrogen and oxygen atoms in total. The van der Waals surface area contributed by atoms with Crippen molar-refractivity contribution in [3.63, 3.8) is 0 Å². The van der Waals surface area contributed by atoms with E-state index in [4.69, 9.17) is 23.1 Å². The smallest absolute Gasteiger partial charge is 0.248 e. The van der Waals surface area contributed by atoms with E-state index in [1.165, 1.54) is 23.1 Å². The summed E-state index contributed by atoms with van der Waals surface area (Å²) in [5, 5.41) is 8.56. The van der Waals surface area contributed by atoms with Gasteiger partial charge in [-0.15, -0.1) is 10.2 Å². The molecule has 2 rings (SSSR count). The predicted molar refractivity (Wildman–Crippen MR) is 73.9 cm³/mol. The van der Waals surface area contributed by atoms with Gasteiger partial charge < -0.3 is 11.5 Å². The summed E-state index contributed by atoms with van der Waals surface area (Å²) in [5.41, 5.74) is 12.0. The summed E-state index contributed by atoms with van der Waals surface area (Å²) in [6.45, 7) is 0. The minimum Gasteiger partial charge on any atom is -0.374 e. The van der Waals surface area contributed by atoms with Crippen molar-refractivity contribution in [2.24, 2.45) is 5.73 Å². The van der Waals surface area contributed by atoms with Crippen LogP contribution in [0.2, 0.25) is 5.02 Å². The van der Waals surface area contributed by atoms with E-state index in [9.17, 15) is 4.79 Å². The lowest BCUT2D eigenvalue weighted by Crippen LogP contribution is -2.10. The molecule has 1 aromatic carbocycles. The first-order valence-electron chi connectivity index (χ1n) is 4.86. The predicted octanol–water partition coefficient (Wildman–Crippen LogP) is 2.16. The Kier molecular flexibility index (Phi) is 4.05. The molecule has 1 amide bonds. The number of nitrogen functional groups attached to an aromatic ring is 1. The normalized spacial score (nSPS) is 10.5. The van der Waals surface area contributed by atoms with E-state index in [0.717, 1.165) is 9.90 Å². The van der Waals surface area contributed by atoms with E-state index in [0.29, 0.717) is 21.5 Å². The molecule has 0 saturated carbocycles. The van der Waals surface area contributed by atoms with E-state index < -0.39 is 5.91 Å². The third-order valence-corrected chi connectivity index (χ3v) is 4.40. The van der Waals surface area contributed by atoms with Gasteiger partial charge in [0.15, 0.2) is 4.34 Å². The van der Waals surface area contributed by atoms with Crippen LogP contribution in [-0.4, -0.2) is 16.1 Å². The van der Waals surface area contributed by atoms with E-state index in [2.05, 4.69) is 10.2 Å². The second-order valence-corrected chi connectivity index (χ2v) is 6.00. The van der Waals surface area contributed by atoms with Gasteiger partial charge in [0.25, 0.3) is 0 Å². The van der Waals surface area contributed by atoms with Crippen molar-refractivity contribution in [1.82, 2.24) is 10.2 Å². The summed E-state index contributed by atoms with van der Waals surface area (Å²) in [4.78, 5) is 11.0. The Labute approximate surface area is 117 Å². The van der Waals surface area contributed by atoms with Crippen molar-refractivity contribution < 1.29 is 4.79 Å². The lowest BCUT2D eigenvalue weighted by molar-refractivity contribution is 0.100. The number of aromatic nitrogens is 2. The monoisotopic (exact) mass is 300 g/mol. The van der Waals surface area contributed by atoms with Crippen LogP contribution in [0.4, 0.5) is 5.13 Å². The number of hydrogen-bond acceptors (Lipinski definition) is 6. The van der Waals surface area contributed by atoms with Crippen LogP contribution in [0.5, 0.6) is 0 Å². The molecular formula is C10H9ClN4OS2. The molecule has 4 N–H and O–H groups in total. The zero-order valence-corrected chi connectivity index (χ0v) is 11.5. The maximum atomic E-state index is 11.0. The SMILES string of the molecule is NC(=O)c1ccc(CSc2nnc(N)s2)c(Cl)c1. The summed E-state index contributed by atoms with van der Waals surface area (Å²) in [6, 6.07) is 4.99. The second-order valence-electron chi connectivity index (χ2n) is 3.37. The van der Waals surface area contributed by atoms with Crippen molar-refractivity contribution in [2.75, 3.05) is 5.73 Å². The van der Waals surface area contributed by atoms with Crippen LogP contribution >= 0.6 is 34.7 Å². The third-order valence-electron chi connectivity index (χ3n) is 2.11. The van der Waals surface area contributed by atoms with Gasteiger partial charge in [-0.25, -0.2) is 0 Å². The number of thioether (sulfide) groups is 1. The van der Waals surface area contributed by atoms with Gasteiger partial charge in [-0.3, -0.25) is 4.79 Å². The molecule has 0 saturated heterocycles. The van der Waals surface area contributed by atoms with Gasteiger partial charge in [0.2, 0.25) is 11.0 Å². The Morgan fingerprint density at radius 3 is 2.78 bits per heavy atom. The number of anilines is 1. The Bertz CT molecular complexity index is 587. The number of carbonyl (C=O) groups excluding carboxylic acids is 1. The lowest BCUT2D eigenvalue weighted by Gasteiger charge is -2.03. The van der Waals surface area contributed by atoms with Crippen LogP contribution in [0.1, 0.15) is 15.9 Å². The molecule has 8 heteroatoms. The quantitative estimate of drug-likeness (QED) is 0.844. The summed E-state index contributed by atoms with van der Waals surface area (Å²) in [6.07, 6.45) is 0. The zero-order valence-electron chi connectivity index (χ0n) is 9.09. The third kappa shape index (κ3) is 3.12. The average molecular weight is 301 g/mol. The van der Waals surface area contributed by atoms with Crippen LogP contribution in [0.15, 0.2) is 22.5 Å². The summed E-state index contributed by atoms with van der Waals surface area (Å²) in [7, 11) is 0. The molecule has 94 valence electrons. The molecular weight excluding hydrogens is 292 g/mol. The topological polar surface area (TPSA) is 94.9 Å². The standard InChI is InChI=1S/C10H9ClN4OS2/c11-7-3-5(8(12)16)1-2-6(7)4-17-10-15-14-9(13)18-10/h1-3H,4H2,(H2,12,16)(H2,13,14). The first-order chi connectivity index (χ1) is 8.56. The minimum atomic E-state index is -0.493. The van der Waals surface area contributed by atoms with Gasteiger partial charge >= 0.3 is 0 Å². The van der Waals surface area contributed by atoms with Crippen LogP contribution in [0.25, 0.3) is 0 Å². The Balaban J connectivity index is 2.08. The van der Waals surface area contributed by atoms with Gasteiger partial charge in [-0.2, -0.15) is 0 Å². The number of hydrogen-bond donors (Lipinski definition) is 2. The second kappa shape index (κ2) is 5.55. The number of rotatable bonds is 4. The maximum absolute atomic E-state index is 11.0. The molecule has 18 heavy (non-hydrogen) atoms. The molecule has 0 bridgehead atoms. The molecule has 0 aliphatic rings. The largest absolute Gasteiger partial charge is 0.374 e. The minimum absolute atomic E-state index is 0.397. The van der Waals surface area contributed by atoms with E-state index >= 15 is 0 Å².